The number of anilines is 1. The van der Waals surface area contributed by atoms with Gasteiger partial charge < -0.3 is 10.6 Å². The van der Waals surface area contributed by atoms with Gasteiger partial charge in [0.05, 0.1) is 24.1 Å². The molecule has 2 N–H and O–H groups in total. The summed E-state index contributed by atoms with van der Waals surface area (Å²) in [6.07, 6.45) is 0.403. The van der Waals surface area contributed by atoms with E-state index in [1.54, 1.807) is 18.2 Å². The van der Waals surface area contributed by atoms with E-state index in [-0.39, 0.29) is 0 Å². The second-order valence-corrected chi connectivity index (χ2v) is 3.39. The molecule has 0 heterocycles. The van der Waals surface area contributed by atoms with Crippen LogP contribution in [-0.4, -0.2) is 11.7 Å². The van der Waals surface area contributed by atoms with Gasteiger partial charge in [0.25, 0.3) is 0 Å². The lowest BCUT2D eigenvalue weighted by Crippen LogP contribution is -2.29. The van der Waals surface area contributed by atoms with Gasteiger partial charge >= 0.3 is 0 Å². The molecule has 0 saturated heterocycles. The molecule has 0 aromatic heterocycles. The molecule has 80 valence electrons. The lowest BCUT2D eigenvalue weighted by atomic mass is 10.2. The molecule has 0 atom stereocenters. The highest BCUT2D eigenvalue weighted by Crippen LogP contribution is 2.09. The van der Waals surface area contributed by atoms with Gasteiger partial charge in [-0.3, -0.25) is 0 Å². The molecule has 0 unspecified atom stereocenters. The minimum Gasteiger partial charge on any atom is -0.361 e. The van der Waals surface area contributed by atoms with Gasteiger partial charge in [-0.05, 0) is 30.4 Å². The molecule has 1 rings (SSSR count). The fourth-order valence-corrected chi connectivity index (χ4v) is 1.29. The van der Waals surface area contributed by atoms with Crippen molar-refractivity contribution in [2.75, 3.05) is 11.9 Å². The molecule has 16 heavy (non-hydrogen) atoms. The van der Waals surface area contributed by atoms with Crippen LogP contribution >= 0.6 is 12.2 Å². The first-order valence-electron chi connectivity index (χ1n) is 4.68. The Balaban J connectivity index is 2.50. The van der Waals surface area contributed by atoms with Crippen LogP contribution in [0.4, 0.5) is 5.69 Å². The van der Waals surface area contributed by atoms with Gasteiger partial charge in [-0.15, -0.1) is 0 Å². The fraction of sp³-hybridized carbons (Fsp3) is 0.182. The molecular weight excluding hydrogens is 220 g/mol. The third kappa shape index (κ3) is 3.95. The first-order valence-corrected chi connectivity index (χ1v) is 5.09. The molecular formula is C11H10N4S. The first-order chi connectivity index (χ1) is 7.76. The van der Waals surface area contributed by atoms with Crippen LogP contribution in [0, 0.1) is 22.7 Å². The van der Waals surface area contributed by atoms with E-state index >= 15 is 0 Å². The molecule has 0 bridgehead atoms. The predicted octanol–water partition coefficient (Wildman–Crippen LogP) is 1.76. The van der Waals surface area contributed by atoms with Crippen LogP contribution in [-0.2, 0) is 0 Å². The Morgan fingerprint density at radius 1 is 1.38 bits per heavy atom. The van der Waals surface area contributed by atoms with Gasteiger partial charge in [0.2, 0.25) is 0 Å². The number of hydrogen-bond acceptors (Lipinski definition) is 3. The van der Waals surface area contributed by atoms with Crippen LogP contribution in [0.1, 0.15) is 12.0 Å². The Bertz CT molecular complexity index is 456. The zero-order valence-corrected chi connectivity index (χ0v) is 9.34. The number of nitriles is 2. The largest absolute Gasteiger partial charge is 0.361 e. The SMILES string of the molecule is N#CCCNC(=S)Nc1cccc(C#N)c1. The maximum atomic E-state index is 8.71. The Labute approximate surface area is 99.5 Å². The van der Waals surface area contributed by atoms with Crippen molar-refractivity contribution in [1.82, 2.24) is 5.32 Å². The lowest BCUT2D eigenvalue weighted by molar-refractivity contribution is 0.905. The fourth-order valence-electron chi connectivity index (χ4n) is 1.07. The van der Waals surface area contributed by atoms with Crippen molar-refractivity contribution >= 4 is 23.0 Å². The summed E-state index contributed by atoms with van der Waals surface area (Å²) in [5.74, 6) is 0. The topological polar surface area (TPSA) is 71.6 Å². The summed E-state index contributed by atoms with van der Waals surface area (Å²) in [5, 5.41) is 23.3. The quantitative estimate of drug-likeness (QED) is 0.611. The molecule has 0 radical (unpaired) electrons. The van der Waals surface area contributed by atoms with Gasteiger partial charge in [-0.1, -0.05) is 6.07 Å². The average Bonchev–Trinajstić information content (AvgIpc) is 2.29. The number of benzene rings is 1. The van der Waals surface area contributed by atoms with Crippen molar-refractivity contribution < 1.29 is 0 Å². The first kappa shape index (κ1) is 12.0. The van der Waals surface area contributed by atoms with Crippen molar-refractivity contribution in [3.8, 4) is 12.1 Å². The van der Waals surface area contributed by atoms with Crippen molar-refractivity contribution in [3.05, 3.63) is 29.8 Å². The highest BCUT2D eigenvalue weighted by Gasteiger charge is 1.97. The molecule has 0 saturated carbocycles. The van der Waals surface area contributed by atoms with Crippen LogP contribution in [0.25, 0.3) is 0 Å². The second kappa shape index (κ2) is 6.39. The number of nitrogens with one attached hydrogen (secondary N) is 2. The lowest BCUT2D eigenvalue weighted by Gasteiger charge is -2.08. The molecule has 0 amide bonds. The maximum Gasteiger partial charge on any atom is 0.170 e. The Morgan fingerprint density at radius 2 is 2.19 bits per heavy atom. The predicted molar refractivity (Wildman–Crippen MR) is 65.6 cm³/mol. The summed E-state index contributed by atoms with van der Waals surface area (Å²) < 4.78 is 0. The van der Waals surface area contributed by atoms with E-state index in [2.05, 4.69) is 10.6 Å². The minimum absolute atomic E-state index is 0.403. The molecule has 0 aliphatic rings. The summed E-state index contributed by atoms with van der Waals surface area (Å²) in [6.45, 7) is 0.514. The molecule has 0 fully saturated rings. The van der Waals surface area contributed by atoms with Crippen LogP contribution in [0.3, 0.4) is 0 Å². The number of nitrogens with zero attached hydrogens (tertiary/aromatic N) is 2. The molecule has 4 nitrogen and oxygen atoms in total. The molecule has 0 spiro atoms. The van der Waals surface area contributed by atoms with Crippen molar-refractivity contribution in [2.45, 2.75) is 6.42 Å². The van der Waals surface area contributed by atoms with Crippen LogP contribution < -0.4 is 10.6 Å². The maximum absolute atomic E-state index is 8.71. The zero-order valence-electron chi connectivity index (χ0n) is 8.53. The van der Waals surface area contributed by atoms with Crippen molar-refractivity contribution in [1.29, 1.82) is 10.5 Å². The van der Waals surface area contributed by atoms with E-state index in [4.69, 9.17) is 22.7 Å². The highest BCUT2D eigenvalue weighted by atomic mass is 32.1. The number of thiocarbonyl (C=S) groups is 1. The van der Waals surface area contributed by atoms with Gasteiger partial charge in [0, 0.05) is 12.2 Å². The Morgan fingerprint density at radius 3 is 2.88 bits per heavy atom. The molecule has 5 heteroatoms. The summed E-state index contributed by atoms with van der Waals surface area (Å²) in [5.41, 5.74) is 1.33. The van der Waals surface area contributed by atoms with E-state index in [9.17, 15) is 0 Å². The zero-order chi connectivity index (χ0) is 11.8. The normalized spacial score (nSPS) is 8.62. The van der Waals surface area contributed by atoms with Crippen LogP contribution in [0.2, 0.25) is 0 Å². The Kier molecular flexibility index (Phi) is 4.78. The standard InChI is InChI=1S/C11H10N4S/c12-5-2-6-14-11(16)15-10-4-1-3-9(7-10)8-13/h1,3-4,7H,2,6H2,(H2,14,15,16). The van der Waals surface area contributed by atoms with Gasteiger partial charge in [-0.2, -0.15) is 10.5 Å². The second-order valence-electron chi connectivity index (χ2n) is 2.98. The van der Waals surface area contributed by atoms with E-state index in [1.807, 2.05) is 18.2 Å². The molecule has 1 aromatic rings. The van der Waals surface area contributed by atoms with Gasteiger partial charge in [0.1, 0.15) is 0 Å². The monoisotopic (exact) mass is 230 g/mol. The molecule has 1 aromatic carbocycles. The minimum atomic E-state index is 0.403. The summed E-state index contributed by atoms with van der Waals surface area (Å²) in [6, 6.07) is 11.1. The van der Waals surface area contributed by atoms with Crippen LogP contribution in [0.15, 0.2) is 24.3 Å². The third-order valence-electron chi connectivity index (χ3n) is 1.77. The third-order valence-corrected chi connectivity index (χ3v) is 2.02. The molecule has 0 aliphatic heterocycles. The van der Waals surface area contributed by atoms with Crippen molar-refractivity contribution in [3.63, 3.8) is 0 Å². The van der Waals surface area contributed by atoms with E-state index in [0.717, 1.165) is 5.69 Å². The van der Waals surface area contributed by atoms with E-state index < -0.39 is 0 Å². The number of hydrogen-bond donors (Lipinski definition) is 2. The smallest absolute Gasteiger partial charge is 0.170 e. The van der Waals surface area contributed by atoms with Gasteiger partial charge in [0.15, 0.2) is 5.11 Å². The summed E-state index contributed by atoms with van der Waals surface area (Å²) in [4.78, 5) is 0. The van der Waals surface area contributed by atoms with E-state index in [1.165, 1.54) is 0 Å². The van der Waals surface area contributed by atoms with Crippen LogP contribution in [0.5, 0.6) is 0 Å². The summed E-state index contributed by atoms with van der Waals surface area (Å²) in [7, 11) is 0. The van der Waals surface area contributed by atoms with E-state index in [0.29, 0.717) is 23.6 Å². The van der Waals surface area contributed by atoms with Gasteiger partial charge in [-0.25, -0.2) is 0 Å². The Hall–Kier alpha value is -2.11. The number of rotatable bonds is 3. The molecule has 0 aliphatic carbocycles. The average molecular weight is 230 g/mol. The highest BCUT2D eigenvalue weighted by molar-refractivity contribution is 7.80. The van der Waals surface area contributed by atoms with Crippen molar-refractivity contribution in [2.24, 2.45) is 0 Å². The summed E-state index contributed by atoms with van der Waals surface area (Å²) >= 11 is 5.01.